The second-order valence-electron chi connectivity index (χ2n) is 3.51. The molecule has 0 spiro atoms. The molecule has 1 amide bonds. The number of hydrogen-bond donors (Lipinski definition) is 2. The van der Waals surface area contributed by atoms with Crippen molar-refractivity contribution >= 4 is 34.3 Å². The Labute approximate surface area is 104 Å². The van der Waals surface area contributed by atoms with Crippen LogP contribution in [0.25, 0.3) is 10.9 Å². The highest BCUT2D eigenvalue weighted by Crippen LogP contribution is 2.29. The first-order valence-corrected chi connectivity index (χ1v) is 6.17. The van der Waals surface area contributed by atoms with Crippen LogP contribution in [0.5, 0.6) is 0 Å². The Morgan fingerprint density at radius 3 is 3.06 bits per heavy atom. The van der Waals surface area contributed by atoms with Crippen LogP contribution in [0.4, 0.5) is 5.69 Å². The highest BCUT2D eigenvalue weighted by Gasteiger charge is 2.07. The largest absolute Gasteiger partial charge is 0.398 e. The van der Waals surface area contributed by atoms with Gasteiger partial charge < -0.3 is 11.1 Å². The molecule has 2 rings (SSSR count). The summed E-state index contributed by atoms with van der Waals surface area (Å²) in [5.41, 5.74) is 7.43. The molecule has 88 valence electrons. The summed E-state index contributed by atoms with van der Waals surface area (Å²) < 4.78 is 0. The summed E-state index contributed by atoms with van der Waals surface area (Å²) in [4.78, 5) is 16.5. The van der Waals surface area contributed by atoms with Crippen molar-refractivity contribution in [3.63, 3.8) is 0 Å². The third kappa shape index (κ3) is 2.50. The van der Waals surface area contributed by atoms with E-state index in [1.54, 1.807) is 13.2 Å². The van der Waals surface area contributed by atoms with Gasteiger partial charge in [0.05, 0.1) is 11.3 Å². The molecule has 17 heavy (non-hydrogen) atoms. The summed E-state index contributed by atoms with van der Waals surface area (Å²) in [6, 6.07) is 7.53. The third-order valence-corrected chi connectivity index (χ3v) is 3.45. The van der Waals surface area contributed by atoms with Crippen LogP contribution in [0.3, 0.4) is 0 Å². The number of pyridine rings is 1. The molecular weight excluding hydrogens is 234 g/mol. The summed E-state index contributed by atoms with van der Waals surface area (Å²) in [5, 5.41) is 3.52. The Morgan fingerprint density at radius 1 is 1.47 bits per heavy atom. The average Bonchev–Trinajstić information content (AvgIpc) is 2.38. The smallest absolute Gasteiger partial charge is 0.230 e. The van der Waals surface area contributed by atoms with E-state index >= 15 is 0 Å². The number of carbonyl (C=O) groups is 1. The fourth-order valence-corrected chi connectivity index (χ4v) is 2.40. The van der Waals surface area contributed by atoms with Gasteiger partial charge in [0.15, 0.2) is 0 Å². The molecule has 1 heterocycles. The number of anilines is 1. The van der Waals surface area contributed by atoms with Crippen LogP contribution in [-0.4, -0.2) is 23.7 Å². The molecule has 2 aromatic rings. The molecule has 0 saturated carbocycles. The van der Waals surface area contributed by atoms with E-state index < -0.39 is 0 Å². The van der Waals surface area contributed by atoms with Crippen molar-refractivity contribution in [2.24, 2.45) is 0 Å². The zero-order valence-electron chi connectivity index (χ0n) is 9.43. The van der Waals surface area contributed by atoms with E-state index in [-0.39, 0.29) is 5.91 Å². The van der Waals surface area contributed by atoms with Crippen LogP contribution in [-0.2, 0) is 4.79 Å². The van der Waals surface area contributed by atoms with Crippen molar-refractivity contribution in [2.45, 2.75) is 4.90 Å². The fraction of sp³-hybridized carbons (Fsp3) is 0.167. The number of benzene rings is 1. The number of fused-ring (bicyclic) bond motifs is 1. The second kappa shape index (κ2) is 5.05. The lowest BCUT2D eigenvalue weighted by Gasteiger charge is -2.06. The summed E-state index contributed by atoms with van der Waals surface area (Å²) in [5.74, 6) is 0.377. The fourth-order valence-electron chi connectivity index (χ4n) is 1.50. The molecule has 0 radical (unpaired) electrons. The number of hydrogen-bond acceptors (Lipinski definition) is 4. The lowest BCUT2D eigenvalue weighted by molar-refractivity contribution is -0.118. The molecule has 0 aliphatic rings. The first-order valence-electron chi connectivity index (χ1n) is 5.19. The van der Waals surface area contributed by atoms with Crippen molar-refractivity contribution in [3.8, 4) is 0 Å². The van der Waals surface area contributed by atoms with Crippen molar-refractivity contribution in [3.05, 3.63) is 30.5 Å². The van der Waals surface area contributed by atoms with Gasteiger partial charge in [-0.05, 0) is 24.3 Å². The van der Waals surface area contributed by atoms with E-state index in [1.807, 2.05) is 24.3 Å². The van der Waals surface area contributed by atoms with Crippen LogP contribution in [0, 0.1) is 0 Å². The average molecular weight is 247 g/mol. The number of carbonyl (C=O) groups excluding carboxylic acids is 1. The molecule has 0 bridgehead atoms. The summed E-state index contributed by atoms with van der Waals surface area (Å²) >= 11 is 1.46. The van der Waals surface area contributed by atoms with E-state index in [4.69, 9.17) is 5.73 Å². The lowest BCUT2D eigenvalue weighted by Crippen LogP contribution is -2.19. The minimum Gasteiger partial charge on any atom is -0.398 e. The van der Waals surface area contributed by atoms with Crippen molar-refractivity contribution in [2.75, 3.05) is 18.5 Å². The third-order valence-electron chi connectivity index (χ3n) is 2.40. The molecule has 1 aromatic heterocycles. The number of nitrogens with two attached hydrogens (primary N) is 1. The number of nitrogens with zero attached hydrogens (tertiary/aromatic N) is 1. The highest BCUT2D eigenvalue weighted by atomic mass is 32.2. The number of nitrogen functional groups attached to an aromatic ring is 1. The molecular formula is C12H13N3OS. The monoisotopic (exact) mass is 247 g/mol. The molecule has 4 nitrogen and oxygen atoms in total. The summed E-state index contributed by atoms with van der Waals surface area (Å²) in [6.07, 6.45) is 1.73. The van der Waals surface area contributed by atoms with Crippen LogP contribution >= 0.6 is 11.8 Å². The number of amides is 1. The van der Waals surface area contributed by atoms with E-state index in [1.165, 1.54) is 11.8 Å². The molecule has 3 N–H and O–H groups in total. The van der Waals surface area contributed by atoms with Gasteiger partial charge in [-0.25, -0.2) is 0 Å². The minimum atomic E-state index is -0.00379. The Kier molecular flexibility index (Phi) is 3.49. The number of aromatic nitrogens is 1. The predicted molar refractivity (Wildman–Crippen MR) is 70.9 cm³/mol. The zero-order chi connectivity index (χ0) is 12.3. The second-order valence-corrected chi connectivity index (χ2v) is 4.53. The molecule has 0 aliphatic heterocycles. The van der Waals surface area contributed by atoms with Gasteiger partial charge in [-0.2, -0.15) is 0 Å². The summed E-state index contributed by atoms with van der Waals surface area (Å²) in [7, 11) is 1.63. The maximum absolute atomic E-state index is 11.2. The van der Waals surface area contributed by atoms with Gasteiger partial charge in [0, 0.05) is 29.2 Å². The quantitative estimate of drug-likeness (QED) is 0.639. The normalized spacial score (nSPS) is 10.4. The maximum Gasteiger partial charge on any atom is 0.230 e. The van der Waals surface area contributed by atoms with Crippen molar-refractivity contribution < 1.29 is 4.79 Å². The topological polar surface area (TPSA) is 68.0 Å². The maximum atomic E-state index is 11.2. The van der Waals surface area contributed by atoms with Crippen LogP contribution in [0.2, 0.25) is 0 Å². The zero-order valence-corrected chi connectivity index (χ0v) is 10.3. The number of nitrogens with one attached hydrogen (secondary N) is 1. The van der Waals surface area contributed by atoms with E-state index in [9.17, 15) is 4.79 Å². The van der Waals surface area contributed by atoms with E-state index in [2.05, 4.69) is 10.3 Å². The Balaban J connectivity index is 2.35. The Hall–Kier alpha value is -1.75. The molecule has 0 atom stereocenters. The van der Waals surface area contributed by atoms with Crippen LogP contribution in [0.1, 0.15) is 0 Å². The standard InChI is InChI=1S/C12H13N3OS/c1-14-11(16)7-17-10-5-4-9(13)8-3-2-6-15-12(8)10/h2-6H,7,13H2,1H3,(H,14,16). The van der Waals surface area contributed by atoms with Crippen molar-refractivity contribution in [1.82, 2.24) is 10.3 Å². The minimum absolute atomic E-state index is 0.00379. The van der Waals surface area contributed by atoms with E-state index in [0.717, 1.165) is 15.8 Å². The van der Waals surface area contributed by atoms with Gasteiger partial charge in [0.1, 0.15) is 0 Å². The van der Waals surface area contributed by atoms with Gasteiger partial charge in [-0.1, -0.05) is 0 Å². The van der Waals surface area contributed by atoms with Crippen LogP contribution in [0.15, 0.2) is 35.4 Å². The van der Waals surface area contributed by atoms with Crippen molar-refractivity contribution in [1.29, 1.82) is 0 Å². The molecule has 0 aliphatic carbocycles. The first-order chi connectivity index (χ1) is 8.22. The van der Waals surface area contributed by atoms with Gasteiger partial charge in [-0.15, -0.1) is 11.8 Å². The highest BCUT2D eigenvalue weighted by molar-refractivity contribution is 8.00. The predicted octanol–water partition coefficient (Wildman–Crippen LogP) is 1.66. The molecule has 0 unspecified atom stereocenters. The van der Waals surface area contributed by atoms with Gasteiger partial charge >= 0.3 is 0 Å². The van der Waals surface area contributed by atoms with Crippen LogP contribution < -0.4 is 11.1 Å². The molecule has 0 fully saturated rings. The first kappa shape index (κ1) is 11.7. The molecule has 0 saturated heterocycles. The number of thioether (sulfide) groups is 1. The Morgan fingerprint density at radius 2 is 2.29 bits per heavy atom. The van der Waals surface area contributed by atoms with Gasteiger partial charge in [0.25, 0.3) is 0 Å². The lowest BCUT2D eigenvalue weighted by atomic mass is 10.2. The SMILES string of the molecule is CNC(=O)CSc1ccc(N)c2cccnc12. The number of rotatable bonds is 3. The van der Waals surface area contributed by atoms with E-state index in [0.29, 0.717) is 11.4 Å². The van der Waals surface area contributed by atoms with Gasteiger partial charge in [0.2, 0.25) is 5.91 Å². The molecule has 5 heteroatoms. The summed E-state index contributed by atoms with van der Waals surface area (Å²) in [6.45, 7) is 0. The Bertz CT molecular complexity index is 556. The molecule has 1 aromatic carbocycles. The van der Waals surface area contributed by atoms with Gasteiger partial charge in [-0.3, -0.25) is 9.78 Å².